The average molecular weight is 301 g/mol. The summed E-state index contributed by atoms with van der Waals surface area (Å²) < 4.78 is 5.42. The summed E-state index contributed by atoms with van der Waals surface area (Å²) in [6, 6.07) is 3.74. The van der Waals surface area contributed by atoms with Crippen LogP contribution >= 0.6 is 0 Å². The first-order valence-corrected chi connectivity index (χ1v) is 7.85. The molecule has 2 aromatic rings. The first-order chi connectivity index (χ1) is 10.6. The van der Waals surface area contributed by atoms with Crippen molar-refractivity contribution in [3.05, 3.63) is 30.1 Å². The first-order valence-electron chi connectivity index (χ1n) is 7.85. The topological polar surface area (TPSA) is 67.0 Å². The van der Waals surface area contributed by atoms with Crippen molar-refractivity contribution >= 4 is 16.9 Å². The Morgan fingerprint density at radius 1 is 1.45 bits per heavy atom. The lowest BCUT2D eigenvalue weighted by atomic mass is 9.74. The van der Waals surface area contributed by atoms with E-state index in [0.29, 0.717) is 18.0 Å². The minimum absolute atomic E-state index is 0.0656. The molecule has 2 aromatic heterocycles. The molecule has 0 aliphatic carbocycles. The summed E-state index contributed by atoms with van der Waals surface area (Å²) in [6.45, 7) is 6.76. The van der Waals surface area contributed by atoms with E-state index in [4.69, 9.17) is 4.74 Å². The van der Waals surface area contributed by atoms with Gasteiger partial charge in [0.05, 0.1) is 16.6 Å². The highest BCUT2D eigenvalue weighted by Gasteiger charge is 2.31. The Labute approximate surface area is 130 Å². The Hall–Kier alpha value is -1.88. The number of aromatic nitrogens is 2. The van der Waals surface area contributed by atoms with E-state index in [2.05, 4.69) is 29.1 Å². The number of pyridine rings is 1. The highest BCUT2D eigenvalue weighted by molar-refractivity contribution is 5.96. The van der Waals surface area contributed by atoms with Gasteiger partial charge in [-0.3, -0.25) is 9.78 Å². The van der Waals surface area contributed by atoms with Gasteiger partial charge >= 0.3 is 0 Å². The molecule has 0 saturated carbocycles. The van der Waals surface area contributed by atoms with E-state index in [-0.39, 0.29) is 11.3 Å². The molecule has 5 heteroatoms. The van der Waals surface area contributed by atoms with Gasteiger partial charge in [0.15, 0.2) is 0 Å². The van der Waals surface area contributed by atoms with Gasteiger partial charge in [-0.05, 0) is 36.3 Å². The van der Waals surface area contributed by atoms with E-state index in [0.717, 1.165) is 37.1 Å². The van der Waals surface area contributed by atoms with Crippen molar-refractivity contribution in [2.45, 2.75) is 26.7 Å². The second kappa shape index (κ2) is 6.08. The van der Waals surface area contributed by atoms with Gasteiger partial charge in [0.25, 0.3) is 5.91 Å². The van der Waals surface area contributed by atoms with Crippen molar-refractivity contribution in [3.8, 4) is 0 Å². The Kier molecular flexibility index (Phi) is 4.16. The van der Waals surface area contributed by atoms with Crippen molar-refractivity contribution in [2.75, 3.05) is 19.8 Å². The highest BCUT2D eigenvalue weighted by atomic mass is 16.5. The number of ether oxygens (including phenoxy) is 1. The van der Waals surface area contributed by atoms with Gasteiger partial charge in [-0.15, -0.1) is 0 Å². The van der Waals surface area contributed by atoms with Crippen LogP contribution in [-0.4, -0.2) is 35.6 Å². The van der Waals surface area contributed by atoms with Crippen molar-refractivity contribution in [2.24, 2.45) is 11.3 Å². The summed E-state index contributed by atoms with van der Waals surface area (Å²) in [6.07, 6.45) is 5.60. The Morgan fingerprint density at radius 2 is 2.23 bits per heavy atom. The largest absolute Gasteiger partial charge is 0.381 e. The summed E-state index contributed by atoms with van der Waals surface area (Å²) in [4.78, 5) is 19.7. The number of hydrogen-bond donors (Lipinski definition) is 2. The molecule has 118 valence electrons. The lowest BCUT2D eigenvalue weighted by Crippen LogP contribution is -2.40. The van der Waals surface area contributed by atoms with Gasteiger partial charge in [-0.1, -0.05) is 13.8 Å². The molecule has 0 radical (unpaired) electrons. The summed E-state index contributed by atoms with van der Waals surface area (Å²) in [5, 5.41) is 3.06. The van der Waals surface area contributed by atoms with E-state index in [9.17, 15) is 4.79 Å². The summed E-state index contributed by atoms with van der Waals surface area (Å²) in [7, 11) is 0. The van der Waals surface area contributed by atoms with Gasteiger partial charge in [-0.25, -0.2) is 0 Å². The molecule has 1 amide bonds. The van der Waals surface area contributed by atoms with Crippen LogP contribution in [0.2, 0.25) is 0 Å². The normalized spacial score (nSPS) is 16.8. The molecule has 1 fully saturated rings. The molecule has 3 rings (SSSR count). The predicted molar refractivity (Wildman–Crippen MR) is 85.8 cm³/mol. The van der Waals surface area contributed by atoms with Crippen molar-refractivity contribution in [3.63, 3.8) is 0 Å². The number of hydrogen-bond acceptors (Lipinski definition) is 3. The third-order valence-electron chi connectivity index (χ3n) is 4.69. The smallest absolute Gasteiger partial charge is 0.252 e. The van der Waals surface area contributed by atoms with Gasteiger partial charge in [-0.2, -0.15) is 0 Å². The number of rotatable bonds is 4. The van der Waals surface area contributed by atoms with E-state index in [1.165, 1.54) is 0 Å². The fraction of sp³-hybridized carbons (Fsp3) is 0.529. The molecule has 0 aromatic carbocycles. The Morgan fingerprint density at radius 3 is 3.00 bits per heavy atom. The van der Waals surface area contributed by atoms with E-state index >= 15 is 0 Å². The number of carbonyl (C=O) groups excluding carboxylic acids is 1. The van der Waals surface area contributed by atoms with Crippen LogP contribution in [0.4, 0.5) is 0 Å². The van der Waals surface area contributed by atoms with Crippen LogP contribution in [0.25, 0.3) is 11.0 Å². The lowest BCUT2D eigenvalue weighted by Gasteiger charge is -2.37. The molecule has 1 aliphatic rings. The average Bonchev–Trinajstić information content (AvgIpc) is 3.01. The molecule has 1 aliphatic heterocycles. The third kappa shape index (κ3) is 3.14. The maximum Gasteiger partial charge on any atom is 0.252 e. The van der Waals surface area contributed by atoms with Crippen LogP contribution in [0, 0.1) is 11.3 Å². The van der Waals surface area contributed by atoms with Crippen LogP contribution in [0.15, 0.2) is 24.5 Å². The molecule has 3 heterocycles. The monoisotopic (exact) mass is 301 g/mol. The lowest BCUT2D eigenvalue weighted by molar-refractivity contribution is 0.0228. The number of aromatic amines is 1. The summed E-state index contributed by atoms with van der Waals surface area (Å²) >= 11 is 0. The van der Waals surface area contributed by atoms with Gasteiger partial charge < -0.3 is 15.0 Å². The molecule has 0 bridgehead atoms. The van der Waals surface area contributed by atoms with Crippen molar-refractivity contribution < 1.29 is 9.53 Å². The van der Waals surface area contributed by atoms with Crippen molar-refractivity contribution in [1.29, 1.82) is 0 Å². The van der Waals surface area contributed by atoms with Crippen LogP contribution in [0.5, 0.6) is 0 Å². The molecule has 0 spiro atoms. The molecule has 5 nitrogen and oxygen atoms in total. The quantitative estimate of drug-likeness (QED) is 0.912. The SMILES string of the molecule is CC(C)(CNC(=O)c1cnc2cc[nH]c2c1)C1CCOCC1. The summed E-state index contributed by atoms with van der Waals surface area (Å²) in [5.41, 5.74) is 2.43. The number of carbonyl (C=O) groups is 1. The van der Waals surface area contributed by atoms with Crippen LogP contribution < -0.4 is 5.32 Å². The fourth-order valence-corrected chi connectivity index (χ4v) is 3.09. The second-order valence-corrected chi connectivity index (χ2v) is 6.69. The molecule has 22 heavy (non-hydrogen) atoms. The number of fused-ring (bicyclic) bond motifs is 1. The minimum atomic E-state index is -0.0656. The maximum absolute atomic E-state index is 12.3. The van der Waals surface area contributed by atoms with Gasteiger partial charge in [0.1, 0.15) is 0 Å². The number of amides is 1. The van der Waals surface area contributed by atoms with E-state index in [1.54, 1.807) is 6.20 Å². The number of H-pyrrole nitrogens is 1. The Bertz CT molecular complexity index is 657. The first kappa shape index (κ1) is 15.0. The zero-order valence-corrected chi connectivity index (χ0v) is 13.2. The third-order valence-corrected chi connectivity index (χ3v) is 4.69. The van der Waals surface area contributed by atoms with Crippen LogP contribution in [0.1, 0.15) is 37.0 Å². The second-order valence-electron chi connectivity index (χ2n) is 6.69. The van der Waals surface area contributed by atoms with E-state index < -0.39 is 0 Å². The van der Waals surface area contributed by atoms with E-state index in [1.807, 2.05) is 18.3 Å². The minimum Gasteiger partial charge on any atom is -0.381 e. The molecule has 2 N–H and O–H groups in total. The molecular formula is C17H23N3O2. The van der Waals surface area contributed by atoms with Crippen LogP contribution in [-0.2, 0) is 4.74 Å². The van der Waals surface area contributed by atoms with Crippen molar-refractivity contribution in [1.82, 2.24) is 15.3 Å². The molecule has 0 unspecified atom stereocenters. The predicted octanol–water partition coefficient (Wildman–Crippen LogP) is 2.75. The Balaban J connectivity index is 1.63. The zero-order chi connectivity index (χ0) is 15.6. The standard InChI is InChI=1S/C17H23N3O2/c1-17(2,13-4-7-22-8-5-13)11-20-16(21)12-9-15-14(19-10-12)3-6-18-15/h3,6,9-10,13,18H,4-5,7-8,11H2,1-2H3,(H,20,21). The van der Waals surface area contributed by atoms with Gasteiger partial charge in [0, 0.05) is 32.2 Å². The number of nitrogens with zero attached hydrogens (tertiary/aromatic N) is 1. The fourth-order valence-electron chi connectivity index (χ4n) is 3.09. The number of nitrogens with one attached hydrogen (secondary N) is 2. The van der Waals surface area contributed by atoms with Crippen LogP contribution in [0.3, 0.4) is 0 Å². The maximum atomic E-state index is 12.3. The molecule has 0 atom stereocenters. The summed E-state index contributed by atoms with van der Waals surface area (Å²) in [5.74, 6) is 0.523. The molecular weight excluding hydrogens is 278 g/mol. The highest BCUT2D eigenvalue weighted by Crippen LogP contribution is 2.33. The van der Waals surface area contributed by atoms with Gasteiger partial charge in [0.2, 0.25) is 0 Å². The molecule has 1 saturated heterocycles. The zero-order valence-electron chi connectivity index (χ0n) is 13.2.